The lowest BCUT2D eigenvalue weighted by Gasteiger charge is -2.07. The number of nitrogens with one attached hydrogen (secondary N) is 1. The maximum atomic E-state index is 8.77. The highest BCUT2D eigenvalue weighted by molar-refractivity contribution is 6.18. The average molecular weight is 592 g/mol. The Bertz CT molecular complexity index is 2100. The highest BCUT2D eigenvalue weighted by Gasteiger charge is 2.06. The molecule has 0 amide bonds. The van der Waals surface area contributed by atoms with Crippen molar-refractivity contribution in [3.8, 4) is 22.3 Å². The molecule has 1 N–H and O–H groups in total. The number of allylic oxidation sites excluding steroid dienone is 3. The summed E-state index contributed by atoms with van der Waals surface area (Å²) >= 11 is 0. The van der Waals surface area contributed by atoms with Gasteiger partial charge in [-0.25, -0.2) is 4.99 Å². The summed E-state index contributed by atoms with van der Waals surface area (Å²) in [7, 11) is 0. The fourth-order valence-corrected chi connectivity index (χ4v) is 5.11. The van der Waals surface area contributed by atoms with Crippen LogP contribution in [0.3, 0.4) is 0 Å². The van der Waals surface area contributed by atoms with Gasteiger partial charge in [-0.05, 0) is 62.9 Å². The largest absolute Gasteiger partial charge is 0.282 e. The first-order valence-corrected chi connectivity index (χ1v) is 15.2. The van der Waals surface area contributed by atoms with Crippen LogP contribution in [0.2, 0.25) is 0 Å². The van der Waals surface area contributed by atoms with Gasteiger partial charge in [0, 0.05) is 29.1 Å². The zero-order valence-corrected chi connectivity index (χ0v) is 25.4. The summed E-state index contributed by atoms with van der Waals surface area (Å²) in [4.78, 5) is 9.00. The van der Waals surface area contributed by atoms with Crippen LogP contribution in [0.25, 0.3) is 45.2 Å². The topological polar surface area (TPSA) is 49.1 Å². The SMILES string of the molecule is C=C(/C=C\C=C\c1ccc2ccccc2c1)C(=N)/N=C(\C=C\c1cccc(-c2cccnc2)c1)c1ccc(-c2ccccc2)cc1. The molecular formula is C43H33N3. The van der Waals surface area contributed by atoms with Gasteiger partial charge in [0.05, 0.1) is 5.71 Å². The molecule has 3 heteroatoms. The second-order valence-corrected chi connectivity index (χ2v) is 10.8. The minimum Gasteiger partial charge on any atom is -0.282 e. The number of aliphatic imine (C=N–C) groups is 1. The summed E-state index contributed by atoms with van der Waals surface area (Å²) in [6.45, 7) is 4.12. The first-order chi connectivity index (χ1) is 22.6. The molecule has 6 aromatic rings. The van der Waals surface area contributed by atoms with Crippen LogP contribution in [0.1, 0.15) is 16.7 Å². The number of hydrogen-bond donors (Lipinski definition) is 1. The molecule has 6 rings (SSSR count). The zero-order valence-electron chi connectivity index (χ0n) is 25.4. The van der Waals surface area contributed by atoms with E-state index in [9.17, 15) is 0 Å². The van der Waals surface area contributed by atoms with Gasteiger partial charge in [-0.2, -0.15) is 0 Å². The summed E-state index contributed by atoms with van der Waals surface area (Å²) in [5, 5.41) is 11.2. The fourth-order valence-electron chi connectivity index (χ4n) is 5.11. The Morgan fingerprint density at radius 3 is 2.11 bits per heavy atom. The molecule has 0 aliphatic rings. The Morgan fingerprint density at radius 1 is 0.587 bits per heavy atom. The molecule has 5 aromatic carbocycles. The van der Waals surface area contributed by atoms with Crippen molar-refractivity contribution in [3.05, 3.63) is 199 Å². The van der Waals surface area contributed by atoms with Gasteiger partial charge in [-0.1, -0.05) is 152 Å². The lowest BCUT2D eigenvalue weighted by molar-refractivity contribution is 1.33. The molecular weight excluding hydrogens is 558 g/mol. The Balaban J connectivity index is 1.24. The first-order valence-electron chi connectivity index (χ1n) is 15.2. The highest BCUT2D eigenvalue weighted by Crippen LogP contribution is 2.22. The summed E-state index contributed by atoms with van der Waals surface area (Å²) in [6.07, 6.45) is 15.4. The third-order valence-corrected chi connectivity index (χ3v) is 7.61. The van der Waals surface area contributed by atoms with Crippen molar-refractivity contribution in [1.82, 2.24) is 4.98 Å². The quantitative estimate of drug-likeness (QED) is 0.101. The van der Waals surface area contributed by atoms with Crippen molar-refractivity contribution in [1.29, 1.82) is 5.41 Å². The smallest absolute Gasteiger partial charge is 0.151 e. The summed E-state index contributed by atoms with van der Waals surface area (Å²) in [5.41, 5.74) is 8.67. The van der Waals surface area contributed by atoms with E-state index in [1.165, 1.54) is 10.8 Å². The van der Waals surface area contributed by atoms with Crippen LogP contribution >= 0.6 is 0 Å². The van der Waals surface area contributed by atoms with E-state index in [0.717, 1.165) is 38.9 Å². The van der Waals surface area contributed by atoms with E-state index in [1.807, 2.05) is 85.1 Å². The predicted molar refractivity (Wildman–Crippen MR) is 196 cm³/mol. The Kier molecular flexibility index (Phi) is 9.43. The molecule has 0 fully saturated rings. The van der Waals surface area contributed by atoms with Gasteiger partial charge in [0.1, 0.15) is 0 Å². The standard InChI is InChI=1S/C43H33N3/c1-32(11-5-6-12-33-20-22-36-16-7-8-17-39(36)29-33)43(44)46-42(38-25-23-37(24-26-38)35-14-3-2-4-15-35)27-21-34-13-9-18-40(30-34)41-19-10-28-45-31-41/h2-31,44H,1H2/b11-5-,12-6+,27-21+,44-43?,46-42+. The van der Waals surface area contributed by atoms with Crippen LogP contribution in [0.5, 0.6) is 0 Å². The Morgan fingerprint density at radius 2 is 1.30 bits per heavy atom. The molecule has 0 unspecified atom stereocenters. The average Bonchev–Trinajstić information content (AvgIpc) is 3.12. The van der Waals surface area contributed by atoms with Gasteiger partial charge in [0.2, 0.25) is 0 Å². The number of rotatable bonds is 9. The first kappa shape index (κ1) is 29.9. The molecule has 3 nitrogen and oxygen atoms in total. The minimum absolute atomic E-state index is 0.103. The van der Waals surface area contributed by atoms with Crippen LogP contribution in [-0.2, 0) is 0 Å². The monoisotopic (exact) mass is 591 g/mol. The maximum Gasteiger partial charge on any atom is 0.151 e. The van der Waals surface area contributed by atoms with E-state index in [0.29, 0.717) is 11.3 Å². The lowest BCUT2D eigenvalue weighted by atomic mass is 10.0. The summed E-state index contributed by atoms with van der Waals surface area (Å²) in [6, 6.07) is 45.6. The molecule has 0 atom stereocenters. The van der Waals surface area contributed by atoms with Gasteiger partial charge >= 0.3 is 0 Å². The molecule has 220 valence electrons. The van der Waals surface area contributed by atoms with E-state index in [-0.39, 0.29) is 5.84 Å². The number of hydrogen-bond acceptors (Lipinski definition) is 2. The summed E-state index contributed by atoms with van der Waals surface area (Å²) in [5.74, 6) is 0.103. The van der Waals surface area contributed by atoms with Crippen LogP contribution in [0.4, 0.5) is 0 Å². The second-order valence-electron chi connectivity index (χ2n) is 10.8. The van der Waals surface area contributed by atoms with E-state index >= 15 is 0 Å². The number of nitrogens with zero attached hydrogens (tertiary/aromatic N) is 2. The van der Waals surface area contributed by atoms with Gasteiger partial charge in [-0.15, -0.1) is 0 Å². The van der Waals surface area contributed by atoms with Crippen molar-refractivity contribution >= 4 is 34.5 Å². The molecule has 1 aromatic heterocycles. The Labute approximate surface area is 270 Å². The molecule has 46 heavy (non-hydrogen) atoms. The van der Waals surface area contributed by atoms with Gasteiger partial charge < -0.3 is 0 Å². The number of aromatic nitrogens is 1. The fraction of sp³-hybridized carbons (Fsp3) is 0. The van der Waals surface area contributed by atoms with E-state index < -0.39 is 0 Å². The number of benzene rings is 5. The van der Waals surface area contributed by atoms with Crippen molar-refractivity contribution in [2.24, 2.45) is 4.99 Å². The van der Waals surface area contributed by atoms with E-state index in [1.54, 1.807) is 6.20 Å². The van der Waals surface area contributed by atoms with Crippen LogP contribution in [-0.4, -0.2) is 16.5 Å². The lowest BCUT2D eigenvalue weighted by Crippen LogP contribution is -2.03. The Hall–Kier alpha value is -6.19. The normalized spacial score (nSPS) is 12.0. The molecule has 0 aliphatic carbocycles. The third kappa shape index (κ3) is 7.65. The molecule has 0 saturated carbocycles. The number of pyridine rings is 1. The van der Waals surface area contributed by atoms with Crippen LogP contribution in [0, 0.1) is 5.41 Å². The minimum atomic E-state index is 0.103. The summed E-state index contributed by atoms with van der Waals surface area (Å²) < 4.78 is 0. The van der Waals surface area contributed by atoms with Crippen molar-refractivity contribution in [2.75, 3.05) is 0 Å². The molecule has 0 radical (unpaired) electrons. The second kappa shape index (κ2) is 14.5. The van der Waals surface area contributed by atoms with Crippen molar-refractivity contribution < 1.29 is 0 Å². The van der Waals surface area contributed by atoms with Gasteiger partial charge in [0.25, 0.3) is 0 Å². The third-order valence-electron chi connectivity index (χ3n) is 7.61. The van der Waals surface area contributed by atoms with E-state index in [2.05, 4.69) is 103 Å². The zero-order chi connectivity index (χ0) is 31.6. The highest BCUT2D eigenvalue weighted by atomic mass is 14.8. The molecule has 0 aliphatic heterocycles. The van der Waals surface area contributed by atoms with Crippen LogP contribution in [0.15, 0.2) is 187 Å². The van der Waals surface area contributed by atoms with Gasteiger partial charge in [-0.3, -0.25) is 10.4 Å². The van der Waals surface area contributed by atoms with Gasteiger partial charge in [0.15, 0.2) is 5.84 Å². The van der Waals surface area contributed by atoms with E-state index in [4.69, 9.17) is 10.4 Å². The number of fused-ring (bicyclic) bond motifs is 1. The number of amidine groups is 1. The maximum absolute atomic E-state index is 8.77. The molecule has 0 saturated heterocycles. The van der Waals surface area contributed by atoms with Crippen molar-refractivity contribution in [2.45, 2.75) is 0 Å². The van der Waals surface area contributed by atoms with Crippen molar-refractivity contribution in [3.63, 3.8) is 0 Å². The predicted octanol–water partition coefficient (Wildman–Crippen LogP) is 10.9. The molecule has 0 spiro atoms. The molecule has 1 heterocycles. The van der Waals surface area contributed by atoms with Crippen LogP contribution < -0.4 is 0 Å². The molecule has 0 bridgehead atoms.